The van der Waals surface area contributed by atoms with Crippen molar-refractivity contribution in [2.24, 2.45) is 0 Å². The molecule has 4 heteroatoms. The molecule has 0 bridgehead atoms. The second-order valence-corrected chi connectivity index (χ2v) is 4.80. The third-order valence-corrected chi connectivity index (χ3v) is 3.41. The second-order valence-electron chi connectivity index (χ2n) is 4.80. The molecule has 1 rings (SSSR count). The van der Waals surface area contributed by atoms with Crippen molar-refractivity contribution < 1.29 is 9.47 Å². The topological polar surface area (TPSA) is 42.5 Å². The van der Waals surface area contributed by atoms with Gasteiger partial charge in [-0.1, -0.05) is 0 Å². The van der Waals surface area contributed by atoms with Gasteiger partial charge in [0.1, 0.15) is 11.5 Å². The van der Waals surface area contributed by atoms with E-state index in [4.69, 9.17) is 9.47 Å². The van der Waals surface area contributed by atoms with Crippen molar-refractivity contribution in [2.75, 3.05) is 28.3 Å². The molecule has 4 nitrogen and oxygen atoms in total. The van der Waals surface area contributed by atoms with Crippen LogP contribution in [0.4, 0.5) is 0 Å². The molecule has 1 atom stereocenters. The standard InChI is InChI=1S/C14H24N2O2/c1-14(2,16-4)13(15-3)11-8-7-10(17-5)9-12(11)18-6/h7-9,13,15-16H,1-6H3. The van der Waals surface area contributed by atoms with Crippen LogP contribution in [-0.4, -0.2) is 33.9 Å². The molecule has 0 aliphatic carbocycles. The van der Waals surface area contributed by atoms with Crippen molar-refractivity contribution in [1.29, 1.82) is 0 Å². The monoisotopic (exact) mass is 252 g/mol. The van der Waals surface area contributed by atoms with E-state index in [1.807, 2.05) is 32.3 Å². The molecule has 0 amide bonds. The first kappa shape index (κ1) is 14.8. The third kappa shape index (κ3) is 2.94. The van der Waals surface area contributed by atoms with E-state index < -0.39 is 0 Å². The normalized spacial score (nSPS) is 13.2. The van der Waals surface area contributed by atoms with Gasteiger partial charge in [0, 0.05) is 17.2 Å². The molecular formula is C14H24N2O2. The summed E-state index contributed by atoms with van der Waals surface area (Å²) in [5.74, 6) is 1.63. The van der Waals surface area contributed by atoms with Gasteiger partial charge in [-0.2, -0.15) is 0 Å². The number of ether oxygens (including phenoxy) is 2. The van der Waals surface area contributed by atoms with E-state index in [9.17, 15) is 0 Å². The first-order chi connectivity index (χ1) is 8.50. The quantitative estimate of drug-likeness (QED) is 0.812. The highest BCUT2D eigenvalue weighted by Crippen LogP contribution is 2.34. The van der Waals surface area contributed by atoms with Crippen molar-refractivity contribution in [1.82, 2.24) is 10.6 Å². The minimum Gasteiger partial charge on any atom is -0.497 e. The van der Waals surface area contributed by atoms with Crippen LogP contribution >= 0.6 is 0 Å². The van der Waals surface area contributed by atoms with Gasteiger partial charge in [-0.3, -0.25) is 0 Å². The lowest BCUT2D eigenvalue weighted by Crippen LogP contribution is -2.47. The summed E-state index contributed by atoms with van der Waals surface area (Å²) in [6.07, 6.45) is 0. The summed E-state index contributed by atoms with van der Waals surface area (Å²) in [4.78, 5) is 0. The fourth-order valence-corrected chi connectivity index (χ4v) is 2.11. The highest BCUT2D eigenvalue weighted by atomic mass is 16.5. The molecule has 0 fully saturated rings. The molecule has 0 aliphatic rings. The summed E-state index contributed by atoms with van der Waals surface area (Å²) in [7, 11) is 7.24. The van der Waals surface area contributed by atoms with E-state index in [0.29, 0.717) is 0 Å². The smallest absolute Gasteiger partial charge is 0.127 e. The Morgan fingerprint density at radius 1 is 1.11 bits per heavy atom. The van der Waals surface area contributed by atoms with E-state index in [1.54, 1.807) is 14.2 Å². The molecule has 0 aliphatic heterocycles. The minimum atomic E-state index is -0.0867. The number of methoxy groups -OCH3 is 2. The van der Waals surface area contributed by atoms with Crippen LogP contribution in [0.25, 0.3) is 0 Å². The second kappa shape index (κ2) is 6.07. The van der Waals surface area contributed by atoms with E-state index in [2.05, 4.69) is 24.5 Å². The van der Waals surface area contributed by atoms with Crippen LogP contribution in [0.5, 0.6) is 11.5 Å². The Kier molecular flexibility index (Phi) is 4.99. The summed E-state index contributed by atoms with van der Waals surface area (Å²) in [5.41, 5.74) is 1.02. The lowest BCUT2D eigenvalue weighted by molar-refractivity contribution is 0.299. The fourth-order valence-electron chi connectivity index (χ4n) is 2.11. The average Bonchev–Trinajstić information content (AvgIpc) is 2.39. The summed E-state index contributed by atoms with van der Waals surface area (Å²) >= 11 is 0. The predicted octanol–water partition coefficient (Wildman–Crippen LogP) is 1.96. The summed E-state index contributed by atoms with van der Waals surface area (Å²) in [5, 5.41) is 6.66. The van der Waals surface area contributed by atoms with Crippen molar-refractivity contribution in [2.45, 2.75) is 25.4 Å². The molecule has 0 heterocycles. The molecule has 2 N–H and O–H groups in total. The molecule has 1 aromatic rings. The van der Waals surface area contributed by atoms with Crippen LogP contribution in [0.15, 0.2) is 18.2 Å². The van der Waals surface area contributed by atoms with Crippen molar-refractivity contribution in [3.63, 3.8) is 0 Å². The Hall–Kier alpha value is -1.26. The maximum absolute atomic E-state index is 5.46. The molecule has 1 unspecified atom stereocenters. The van der Waals surface area contributed by atoms with E-state index in [1.165, 1.54) is 0 Å². The molecular weight excluding hydrogens is 228 g/mol. The zero-order valence-corrected chi connectivity index (χ0v) is 12.1. The SMILES string of the molecule is CNC(c1ccc(OC)cc1OC)C(C)(C)NC. The average molecular weight is 252 g/mol. The Labute approximate surface area is 110 Å². The highest BCUT2D eigenvalue weighted by Gasteiger charge is 2.30. The Bertz CT molecular complexity index is 391. The van der Waals surface area contributed by atoms with Crippen LogP contribution in [-0.2, 0) is 0 Å². The molecule has 0 radical (unpaired) electrons. The van der Waals surface area contributed by atoms with Crippen LogP contribution in [0.2, 0.25) is 0 Å². The van der Waals surface area contributed by atoms with Crippen LogP contribution in [0, 0.1) is 0 Å². The van der Waals surface area contributed by atoms with Gasteiger partial charge >= 0.3 is 0 Å². The van der Waals surface area contributed by atoms with E-state index >= 15 is 0 Å². The van der Waals surface area contributed by atoms with Crippen LogP contribution in [0.3, 0.4) is 0 Å². The first-order valence-electron chi connectivity index (χ1n) is 6.08. The van der Waals surface area contributed by atoms with Gasteiger partial charge < -0.3 is 20.1 Å². The summed E-state index contributed by atoms with van der Waals surface area (Å²) in [6, 6.07) is 6.04. The molecule has 0 aromatic heterocycles. The largest absolute Gasteiger partial charge is 0.497 e. The van der Waals surface area contributed by atoms with Gasteiger partial charge in [0.25, 0.3) is 0 Å². The first-order valence-corrected chi connectivity index (χ1v) is 6.08. The third-order valence-electron chi connectivity index (χ3n) is 3.41. The Morgan fingerprint density at radius 3 is 2.22 bits per heavy atom. The van der Waals surface area contributed by atoms with Crippen LogP contribution in [0.1, 0.15) is 25.5 Å². The molecule has 0 spiro atoms. The lowest BCUT2D eigenvalue weighted by atomic mass is 9.88. The van der Waals surface area contributed by atoms with Gasteiger partial charge in [-0.25, -0.2) is 0 Å². The lowest BCUT2D eigenvalue weighted by Gasteiger charge is -2.35. The van der Waals surface area contributed by atoms with Gasteiger partial charge in [0.15, 0.2) is 0 Å². The number of hydrogen-bond acceptors (Lipinski definition) is 4. The van der Waals surface area contributed by atoms with Gasteiger partial charge in [-0.15, -0.1) is 0 Å². The number of rotatable bonds is 6. The number of benzene rings is 1. The van der Waals surface area contributed by atoms with Crippen molar-refractivity contribution >= 4 is 0 Å². The maximum atomic E-state index is 5.46. The molecule has 1 aromatic carbocycles. The number of nitrogens with one attached hydrogen (secondary N) is 2. The molecule has 18 heavy (non-hydrogen) atoms. The zero-order chi connectivity index (χ0) is 13.8. The maximum Gasteiger partial charge on any atom is 0.127 e. The number of hydrogen-bond donors (Lipinski definition) is 2. The Morgan fingerprint density at radius 2 is 1.78 bits per heavy atom. The minimum absolute atomic E-state index is 0.0867. The predicted molar refractivity (Wildman–Crippen MR) is 74.5 cm³/mol. The number of likely N-dealkylation sites (N-methyl/N-ethyl adjacent to an activating group) is 2. The molecule has 102 valence electrons. The molecule has 0 saturated carbocycles. The van der Waals surface area contributed by atoms with E-state index in [-0.39, 0.29) is 11.6 Å². The fraction of sp³-hybridized carbons (Fsp3) is 0.571. The molecule has 0 saturated heterocycles. The zero-order valence-electron chi connectivity index (χ0n) is 12.1. The van der Waals surface area contributed by atoms with E-state index in [0.717, 1.165) is 17.1 Å². The van der Waals surface area contributed by atoms with Gasteiger partial charge in [0.05, 0.1) is 20.3 Å². The van der Waals surface area contributed by atoms with Gasteiger partial charge in [-0.05, 0) is 40.1 Å². The van der Waals surface area contributed by atoms with Crippen molar-refractivity contribution in [3.8, 4) is 11.5 Å². The Balaban J connectivity index is 3.21. The highest BCUT2D eigenvalue weighted by molar-refractivity contribution is 5.43. The van der Waals surface area contributed by atoms with Crippen LogP contribution < -0.4 is 20.1 Å². The van der Waals surface area contributed by atoms with Gasteiger partial charge in [0.2, 0.25) is 0 Å². The summed E-state index contributed by atoms with van der Waals surface area (Å²) < 4.78 is 10.7. The van der Waals surface area contributed by atoms with Crippen molar-refractivity contribution in [3.05, 3.63) is 23.8 Å². The summed E-state index contributed by atoms with van der Waals surface area (Å²) in [6.45, 7) is 4.30.